The number of esters is 2. The van der Waals surface area contributed by atoms with Gasteiger partial charge in [0.15, 0.2) is 0 Å². The molecule has 0 radical (unpaired) electrons. The number of ether oxygens (including phenoxy) is 2. The van der Waals surface area contributed by atoms with Crippen molar-refractivity contribution in [1.82, 2.24) is 14.8 Å². The molecule has 4 rings (SSSR count). The molecule has 0 atom stereocenters. The van der Waals surface area contributed by atoms with Crippen LogP contribution in [0.5, 0.6) is 0 Å². The number of hydrogen-bond donors (Lipinski definition) is 3. The number of aromatic nitrogens is 3. The minimum absolute atomic E-state index is 0.160. The van der Waals surface area contributed by atoms with Crippen molar-refractivity contribution in [3.8, 4) is 11.1 Å². The Morgan fingerprint density at radius 1 is 1.17 bits per heavy atom. The number of nitrogens with two attached hydrogens (primary N) is 1. The van der Waals surface area contributed by atoms with Crippen molar-refractivity contribution in [3.63, 3.8) is 0 Å². The van der Waals surface area contributed by atoms with Crippen molar-refractivity contribution in [3.05, 3.63) is 39.8 Å². The minimum Gasteiger partial charge on any atom is -0.469 e. The van der Waals surface area contributed by atoms with Gasteiger partial charge in [0.05, 0.1) is 30.5 Å². The standard InChI is InChI=1S/C22H24ClN3O4.C4H10.H3NS/c1-12-18(16-6-4-5-11-26(16)25-12)19-15(23)9-7-13-14(8-10-17(27)29-2)21(22(28)30-3)24-20(13)19;1-4(2)3;1-2/h7,9,24H,4-6,8,10-11H2,1-3H3;4H,1-3H3;2H,1H2. The number of hydrogen-bond acceptors (Lipinski definition) is 7. The quantitative estimate of drug-likeness (QED) is 0.286. The van der Waals surface area contributed by atoms with Crippen molar-refractivity contribution >= 4 is 47.3 Å². The number of methoxy groups -OCH3 is 2. The van der Waals surface area contributed by atoms with E-state index in [0.717, 1.165) is 65.0 Å². The zero-order valence-electron chi connectivity index (χ0n) is 21.9. The lowest BCUT2D eigenvalue weighted by molar-refractivity contribution is -0.140. The molecule has 1 aliphatic rings. The lowest BCUT2D eigenvalue weighted by Crippen LogP contribution is -2.11. The number of carbonyl (C=O) groups is 2. The highest BCUT2D eigenvalue weighted by atomic mass is 35.5. The van der Waals surface area contributed by atoms with Crippen molar-refractivity contribution < 1.29 is 19.1 Å². The first kappa shape index (κ1) is 29.7. The van der Waals surface area contributed by atoms with E-state index in [1.165, 1.54) is 19.9 Å². The van der Waals surface area contributed by atoms with Crippen LogP contribution in [-0.2, 0) is 33.7 Å². The molecule has 36 heavy (non-hydrogen) atoms. The van der Waals surface area contributed by atoms with Crippen LogP contribution in [0.3, 0.4) is 0 Å². The zero-order chi connectivity index (χ0) is 27.0. The molecule has 3 heterocycles. The van der Waals surface area contributed by atoms with Gasteiger partial charge in [-0.3, -0.25) is 14.6 Å². The van der Waals surface area contributed by atoms with Gasteiger partial charge < -0.3 is 14.5 Å². The highest BCUT2D eigenvalue weighted by Gasteiger charge is 2.26. The van der Waals surface area contributed by atoms with Crippen LogP contribution in [0, 0.1) is 12.8 Å². The third-order valence-corrected chi connectivity index (χ3v) is 6.06. The summed E-state index contributed by atoms with van der Waals surface area (Å²) in [6, 6.07) is 3.71. The van der Waals surface area contributed by atoms with Gasteiger partial charge >= 0.3 is 11.9 Å². The monoisotopic (exact) mass is 536 g/mol. The molecule has 3 N–H and O–H groups in total. The molecule has 8 nitrogen and oxygen atoms in total. The Balaban J connectivity index is 0.000000694. The number of thiol groups is 1. The van der Waals surface area contributed by atoms with E-state index >= 15 is 0 Å². The summed E-state index contributed by atoms with van der Waals surface area (Å²) in [6.07, 6.45) is 3.66. The second-order valence-corrected chi connectivity index (χ2v) is 9.62. The highest BCUT2D eigenvalue weighted by Crippen LogP contribution is 2.41. The second-order valence-electron chi connectivity index (χ2n) is 9.21. The summed E-state index contributed by atoms with van der Waals surface area (Å²) < 4.78 is 11.8. The molecule has 3 aromatic rings. The number of H-pyrrole nitrogens is 1. The Hall–Kier alpha value is -2.49. The molecule has 0 aliphatic carbocycles. The van der Waals surface area contributed by atoms with Crippen LogP contribution in [0.4, 0.5) is 0 Å². The molecule has 10 heteroatoms. The van der Waals surface area contributed by atoms with Gasteiger partial charge in [-0.1, -0.05) is 38.4 Å². The number of rotatable bonds is 5. The molecule has 0 fully saturated rings. The van der Waals surface area contributed by atoms with E-state index < -0.39 is 5.97 Å². The van der Waals surface area contributed by atoms with Crippen molar-refractivity contribution in [2.24, 2.45) is 11.1 Å². The molecule has 2 aromatic heterocycles. The first-order valence-corrected chi connectivity index (χ1v) is 12.9. The lowest BCUT2D eigenvalue weighted by Gasteiger charge is -2.15. The normalized spacial score (nSPS) is 12.3. The van der Waals surface area contributed by atoms with Gasteiger partial charge in [-0.05, 0) is 50.2 Å². The summed E-state index contributed by atoms with van der Waals surface area (Å²) >= 11 is 9.71. The Morgan fingerprint density at radius 3 is 2.44 bits per heavy atom. The van der Waals surface area contributed by atoms with Gasteiger partial charge in [0, 0.05) is 35.2 Å². The molecule has 198 valence electrons. The average molecular weight is 537 g/mol. The number of nitrogens with one attached hydrogen (secondary N) is 1. The fraction of sp³-hybridized carbons (Fsp3) is 0.500. The van der Waals surface area contributed by atoms with Crippen LogP contribution < -0.4 is 5.14 Å². The predicted octanol–water partition coefficient (Wildman–Crippen LogP) is 5.67. The van der Waals surface area contributed by atoms with Crippen molar-refractivity contribution in [2.45, 2.75) is 66.3 Å². The van der Waals surface area contributed by atoms with Crippen LogP contribution in [0.15, 0.2) is 12.1 Å². The molecule has 1 aromatic carbocycles. The van der Waals surface area contributed by atoms with E-state index in [4.69, 9.17) is 26.2 Å². The van der Waals surface area contributed by atoms with Crippen LogP contribution in [-0.4, -0.2) is 40.9 Å². The maximum atomic E-state index is 12.5. The van der Waals surface area contributed by atoms with E-state index in [9.17, 15) is 9.59 Å². The molecule has 0 spiro atoms. The molecule has 0 saturated heterocycles. The molecule has 0 saturated carbocycles. The largest absolute Gasteiger partial charge is 0.469 e. The third-order valence-electron chi connectivity index (χ3n) is 5.74. The molecule has 0 amide bonds. The first-order valence-electron chi connectivity index (χ1n) is 12.0. The maximum Gasteiger partial charge on any atom is 0.354 e. The molecular formula is C26H37ClN4O4S. The summed E-state index contributed by atoms with van der Waals surface area (Å²) in [6.45, 7) is 9.38. The van der Waals surface area contributed by atoms with E-state index in [-0.39, 0.29) is 12.4 Å². The number of aromatic amines is 1. The van der Waals surface area contributed by atoms with Crippen LogP contribution in [0.1, 0.15) is 67.5 Å². The summed E-state index contributed by atoms with van der Waals surface area (Å²) in [4.78, 5) is 27.4. The summed E-state index contributed by atoms with van der Waals surface area (Å²) in [5.41, 5.74) is 5.74. The van der Waals surface area contributed by atoms with Crippen LogP contribution in [0.2, 0.25) is 5.02 Å². The van der Waals surface area contributed by atoms with Crippen molar-refractivity contribution in [2.75, 3.05) is 14.2 Å². The molecule has 0 unspecified atom stereocenters. The fourth-order valence-electron chi connectivity index (χ4n) is 4.35. The number of fused-ring (bicyclic) bond motifs is 2. The first-order chi connectivity index (χ1) is 17.2. The Labute approximate surface area is 223 Å². The molecular weight excluding hydrogens is 500 g/mol. The van der Waals surface area contributed by atoms with Crippen LogP contribution in [0.25, 0.3) is 22.0 Å². The van der Waals surface area contributed by atoms with Gasteiger partial charge in [0.2, 0.25) is 0 Å². The summed E-state index contributed by atoms with van der Waals surface area (Å²) in [7, 11) is 2.69. The van der Waals surface area contributed by atoms with Gasteiger partial charge in [-0.25, -0.2) is 4.79 Å². The number of halogens is 1. The second kappa shape index (κ2) is 13.7. The maximum absolute atomic E-state index is 12.5. The number of carbonyl (C=O) groups excluding carboxylic acids is 2. The Bertz CT molecular complexity index is 1200. The van der Waals surface area contributed by atoms with Gasteiger partial charge in [-0.15, -0.1) is 12.8 Å². The number of aryl methyl sites for hydroxylation is 3. The lowest BCUT2D eigenvalue weighted by atomic mass is 9.95. The van der Waals surface area contributed by atoms with E-state index in [1.807, 2.05) is 19.1 Å². The topological polar surface area (TPSA) is 112 Å². The Morgan fingerprint density at radius 2 is 1.83 bits per heavy atom. The summed E-state index contributed by atoms with van der Waals surface area (Å²) in [5.74, 6) is 0.0118. The third kappa shape index (κ3) is 6.63. The minimum atomic E-state index is -0.484. The van der Waals surface area contributed by atoms with Gasteiger partial charge in [0.1, 0.15) is 5.69 Å². The highest BCUT2D eigenvalue weighted by molar-refractivity contribution is 7.77. The van der Waals surface area contributed by atoms with Gasteiger partial charge in [-0.2, -0.15) is 5.10 Å². The zero-order valence-corrected chi connectivity index (χ0v) is 23.6. The molecule has 0 bridgehead atoms. The fourth-order valence-corrected chi connectivity index (χ4v) is 4.60. The Kier molecular flexibility index (Phi) is 11.3. The van der Waals surface area contributed by atoms with Crippen molar-refractivity contribution in [1.29, 1.82) is 0 Å². The van der Waals surface area contributed by atoms with E-state index in [1.54, 1.807) is 0 Å². The SMILES string of the molecule is CC(C)C.COC(=O)CCc1c(C(=O)OC)[nH]c2c(-c3c(C)nn4c3CCCC4)c(Cl)ccc12.NS. The number of nitrogens with zero attached hydrogens (tertiary/aromatic N) is 2. The predicted molar refractivity (Wildman–Crippen MR) is 148 cm³/mol. The van der Waals surface area contributed by atoms with E-state index in [0.29, 0.717) is 17.1 Å². The number of benzene rings is 1. The summed E-state index contributed by atoms with van der Waals surface area (Å²) in [5, 5.41) is 10.3. The van der Waals surface area contributed by atoms with E-state index in [2.05, 4.69) is 48.4 Å². The van der Waals surface area contributed by atoms with Gasteiger partial charge in [0.25, 0.3) is 0 Å². The van der Waals surface area contributed by atoms with Crippen LogP contribution >= 0.6 is 24.4 Å². The smallest absolute Gasteiger partial charge is 0.354 e. The molecule has 1 aliphatic heterocycles. The average Bonchev–Trinajstić information content (AvgIpc) is 3.40.